The van der Waals surface area contributed by atoms with Gasteiger partial charge in [-0.2, -0.15) is 0 Å². The van der Waals surface area contributed by atoms with E-state index in [4.69, 9.17) is 0 Å². The Morgan fingerprint density at radius 1 is 1.33 bits per heavy atom. The van der Waals surface area contributed by atoms with E-state index in [0.29, 0.717) is 12.2 Å². The van der Waals surface area contributed by atoms with Gasteiger partial charge in [-0.1, -0.05) is 12.1 Å². The third kappa shape index (κ3) is 2.63. The monoisotopic (exact) mass is 243 g/mol. The van der Waals surface area contributed by atoms with E-state index in [9.17, 15) is 10.1 Å². The summed E-state index contributed by atoms with van der Waals surface area (Å²) in [5.41, 5.74) is 2.73. The number of hydrogen-bond acceptors (Lipinski definition) is 4. The Kier molecular flexibility index (Phi) is 3.52. The minimum atomic E-state index is -0.390. The van der Waals surface area contributed by atoms with Gasteiger partial charge in [0.2, 0.25) is 0 Å². The fourth-order valence-electron chi connectivity index (χ4n) is 1.65. The number of nitrogens with zero attached hydrogens (tertiary/aromatic N) is 2. The Morgan fingerprint density at radius 3 is 2.83 bits per heavy atom. The molecule has 0 spiro atoms. The van der Waals surface area contributed by atoms with Gasteiger partial charge in [-0.25, -0.2) is 0 Å². The zero-order chi connectivity index (χ0) is 13.0. The van der Waals surface area contributed by atoms with Crippen LogP contribution in [0.25, 0.3) is 0 Å². The van der Waals surface area contributed by atoms with Gasteiger partial charge in [0.15, 0.2) is 0 Å². The summed E-state index contributed by atoms with van der Waals surface area (Å²) in [6.45, 7) is 2.50. The van der Waals surface area contributed by atoms with Crippen LogP contribution >= 0.6 is 0 Å². The van der Waals surface area contributed by atoms with Crippen LogP contribution in [0.1, 0.15) is 11.1 Å². The largest absolute Gasteiger partial charge is 0.375 e. The summed E-state index contributed by atoms with van der Waals surface area (Å²) in [6.07, 6.45) is 3.49. The van der Waals surface area contributed by atoms with Crippen molar-refractivity contribution >= 4 is 11.4 Å². The van der Waals surface area contributed by atoms with Crippen molar-refractivity contribution in [3.63, 3.8) is 0 Å². The molecular formula is C13H13N3O2. The summed E-state index contributed by atoms with van der Waals surface area (Å²) in [7, 11) is 0. The van der Waals surface area contributed by atoms with Gasteiger partial charge < -0.3 is 5.32 Å². The van der Waals surface area contributed by atoms with Crippen LogP contribution < -0.4 is 5.32 Å². The molecule has 0 aliphatic rings. The molecule has 2 rings (SSSR count). The lowest BCUT2D eigenvalue weighted by Crippen LogP contribution is -2.04. The Bertz CT molecular complexity index is 570. The van der Waals surface area contributed by atoms with Gasteiger partial charge in [0.25, 0.3) is 5.69 Å². The lowest BCUT2D eigenvalue weighted by Gasteiger charge is -2.08. The molecule has 2 aromatic rings. The number of nitro benzene ring substituents is 1. The van der Waals surface area contributed by atoms with Crippen molar-refractivity contribution in [3.8, 4) is 0 Å². The first kappa shape index (κ1) is 12.0. The summed E-state index contributed by atoms with van der Waals surface area (Å²) in [5, 5.41) is 13.9. The number of benzene rings is 1. The van der Waals surface area contributed by atoms with E-state index < -0.39 is 4.92 Å². The zero-order valence-corrected chi connectivity index (χ0v) is 9.96. The molecule has 1 heterocycles. The van der Waals surface area contributed by atoms with Crippen molar-refractivity contribution in [3.05, 3.63) is 64.0 Å². The summed E-state index contributed by atoms with van der Waals surface area (Å²) in [4.78, 5) is 14.5. The average molecular weight is 243 g/mol. The van der Waals surface area contributed by atoms with Gasteiger partial charge in [-0.3, -0.25) is 15.1 Å². The van der Waals surface area contributed by atoms with E-state index in [0.717, 1.165) is 11.1 Å². The highest BCUT2D eigenvalue weighted by Crippen LogP contribution is 2.23. The molecule has 0 aliphatic heterocycles. The maximum atomic E-state index is 10.9. The molecule has 1 aromatic heterocycles. The predicted octanol–water partition coefficient (Wildman–Crippen LogP) is 2.91. The Balaban J connectivity index is 2.16. The molecule has 0 saturated carbocycles. The number of hydrogen-bond donors (Lipinski definition) is 1. The highest BCUT2D eigenvalue weighted by Gasteiger charge is 2.11. The van der Waals surface area contributed by atoms with E-state index in [2.05, 4.69) is 10.3 Å². The fourth-order valence-corrected chi connectivity index (χ4v) is 1.65. The standard InChI is InChI=1S/C13H13N3O2/c1-10-6-7-14-8-11(10)9-15-12-4-2-3-5-13(12)16(17)18/h2-8,15H,9H2,1H3. The molecule has 0 bridgehead atoms. The van der Waals surface area contributed by atoms with Gasteiger partial charge in [-0.05, 0) is 30.2 Å². The van der Waals surface area contributed by atoms with Crippen LogP contribution in [0.15, 0.2) is 42.7 Å². The maximum absolute atomic E-state index is 10.9. The molecule has 1 N–H and O–H groups in total. The van der Waals surface area contributed by atoms with Gasteiger partial charge in [0.05, 0.1) is 4.92 Å². The number of nitro groups is 1. The van der Waals surface area contributed by atoms with Crippen LogP contribution in [0.3, 0.4) is 0 Å². The van der Waals surface area contributed by atoms with Crippen LogP contribution in [0.4, 0.5) is 11.4 Å². The molecule has 92 valence electrons. The molecule has 18 heavy (non-hydrogen) atoms. The lowest BCUT2D eigenvalue weighted by molar-refractivity contribution is -0.384. The normalized spacial score (nSPS) is 10.1. The topological polar surface area (TPSA) is 68.1 Å². The summed E-state index contributed by atoms with van der Waals surface area (Å²) in [5.74, 6) is 0. The summed E-state index contributed by atoms with van der Waals surface area (Å²) < 4.78 is 0. The number of rotatable bonds is 4. The SMILES string of the molecule is Cc1ccncc1CNc1ccccc1[N+](=O)[O-]. The second-order valence-electron chi connectivity index (χ2n) is 3.93. The predicted molar refractivity (Wildman–Crippen MR) is 69.4 cm³/mol. The lowest BCUT2D eigenvalue weighted by atomic mass is 10.1. The van der Waals surface area contributed by atoms with Crippen LogP contribution in [0.2, 0.25) is 0 Å². The van der Waals surface area contributed by atoms with E-state index in [1.807, 2.05) is 13.0 Å². The summed E-state index contributed by atoms with van der Waals surface area (Å²) in [6, 6.07) is 8.52. The smallest absolute Gasteiger partial charge is 0.292 e. The number of anilines is 1. The third-order valence-corrected chi connectivity index (χ3v) is 2.72. The van der Waals surface area contributed by atoms with Gasteiger partial charge in [0, 0.05) is 25.0 Å². The molecule has 0 saturated heterocycles. The fraction of sp³-hybridized carbons (Fsp3) is 0.154. The molecule has 0 fully saturated rings. The number of aryl methyl sites for hydroxylation is 1. The first-order chi connectivity index (χ1) is 8.68. The number of nitrogens with one attached hydrogen (secondary N) is 1. The van der Waals surface area contributed by atoms with Crippen molar-refractivity contribution in [2.45, 2.75) is 13.5 Å². The van der Waals surface area contributed by atoms with Crippen LogP contribution in [0.5, 0.6) is 0 Å². The van der Waals surface area contributed by atoms with Crippen LogP contribution in [-0.2, 0) is 6.54 Å². The van der Waals surface area contributed by atoms with E-state index in [1.54, 1.807) is 30.6 Å². The quantitative estimate of drug-likeness (QED) is 0.662. The minimum absolute atomic E-state index is 0.0824. The van der Waals surface area contributed by atoms with Crippen molar-refractivity contribution < 1.29 is 4.92 Å². The summed E-state index contributed by atoms with van der Waals surface area (Å²) >= 11 is 0. The molecule has 5 heteroatoms. The van der Waals surface area contributed by atoms with Crippen molar-refractivity contribution in [2.24, 2.45) is 0 Å². The Labute approximate surface area is 105 Å². The zero-order valence-electron chi connectivity index (χ0n) is 9.96. The Hall–Kier alpha value is -2.43. The second kappa shape index (κ2) is 5.27. The molecule has 0 amide bonds. The van der Waals surface area contributed by atoms with Gasteiger partial charge in [-0.15, -0.1) is 0 Å². The van der Waals surface area contributed by atoms with Crippen LogP contribution in [-0.4, -0.2) is 9.91 Å². The highest BCUT2D eigenvalue weighted by atomic mass is 16.6. The average Bonchev–Trinajstić information content (AvgIpc) is 2.38. The molecular weight excluding hydrogens is 230 g/mol. The second-order valence-corrected chi connectivity index (χ2v) is 3.93. The van der Waals surface area contributed by atoms with Crippen LogP contribution in [0, 0.1) is 17.0 Å². The first-order valence-electron chi connectivity index (χ1n) is 5.55. The molecule has 0 radical (unpaired) electrons. The van der Waals surface area contributed by atoms with Gasteiger partial charge >= 0.3 is 0 Å². The first-order valence-corrected chi connectivity index (χ1v) is 5.55. The molecule has 0 aliphatic carbocycles. The Morgan fingerprint density at radius 2 is 2.11 bits per heavy atom. The van der Waals surface area contributed by atoms with Crippen molar-refractivity contribution in [1.82, 2.24) is 4.98 Å². The van der Waals surface area contributed by atoms with E-state index in [-0.39, 0.29) is 5.69 Å². The number of pyridine rings is 1. The van der Waals surface area contributed by atoms with Crippen molar-refractivity contribution in [1.29, 1.82) is 0 Å². The minimum Gasteiger partial charge on any atom is -0.375 e. The highest BCUT2D eigenvalue weighted by molar-refractivity contribution is 5.61. The molecule has 0 atom stereocenters. The van der Waals surface area contributed by atoms with Gasteiger partial charge in [0.1, 0.15) is 5.69 Å². The van der Waals surface area contributed by atoms with E-state index >= 15 is 0 Å². The number of aromatic nitrogens is 1. The number of para-hydroxylation sites is 2. The molecule has 0 unspecified atom stereocenters. The van der Waals surface area contributed by atoms with E-state index in [1.165, 1.54) is 6.07 Å². The third-order valence-electron chi connectivity index (χ3n) is 2.72. The molecule has 5 nitrogen and oxygen atoms in total. The maximum Gasteiger partial charge on any atom is 0.292 e. The van der Waals surface area contributed by atoms with Crippen molar-refractivity contribution in [2.75, 3.05) is 5.32 Å². The molecule has 1 aromatic carbocycles.